The lowest BCUT2D eigenvalue weighted by molar-refractivity contribution is 0.0764. The van der Waals surface area contributed by atoms with Crippen LogP contribution in [0.4, 0.5) is 0 Å². The monoisotopic (exact) mass is 356 g/mol. The van der Waals surface area contributed by atoms with Gasteiger partial charge in [0.05, 0.1) is 6.20 Å². The quantitative estimate of drug-likeness (QED) is 0.845. The van der Waals surface area contributed by atoms with Gasteiger partial charge in [0.15, 0.2) is 0 Å². The predicted octanol–water partition coefficient (Wildman–Crippen LogP) is 2.91. The summed E-state index contributed by atoms with van der Waals surface area (Å²) in [6.07, 6.45) is 8.50. The second-order valence-electron chi connectivity index (χ2n) is 7.22. The molecule has 1 unspecified atom stereocenters. The Kier molecular flexibility index (Phi) is 4.81. The van der Waals surface area contributed by atoms with Crippen LogP contribution in [-0.2, 0) is 6.54 Å². The molecule has 0 bridgehead atoms. The number of aromatic nitrogens is 2. The van der Waals surface area contributed by atoms with E-state index in [1.807, 2.05) is 16.2 Å². The third-order valence-corrected chi connectivity index (χ3v) is 6.54. The lowest BCUT2D eigenvalue weighted by atomic mass is 9.77. The van der Waals surface area contributed by atoms with Crippen molar-refractivity contribution in [2.24, 2.45) is 11.8 Å². The summed E-state index contributed by atoms with van der Waals surface area (Å²) in [5.74, 6) is 1.21. The molecule has 25 heavy (non-hydrogen) atoms. The average Bonchev–Trinajstić information content (AvgIpc) is 3.30. The van der Waals surface area contributed by atoms with E-state index >= 15 is 0 Å². The fourth-order valence-electron chi connectivity index (χ4n) is 4.49. The van der Waals surface area contributed by atoms with Gasteiger partial charge >= 0.3 is 0 Å². The molecule has 1 aliphatic carbocycles. The highest BCUT2D eigenvalue weighted by atomic mass is 32.1. The van der Waals surface area contributed by atoms with Gasteiger partial charge < -0.3 is 4.90 Å². The van der Waals surface area contributed by atoms with Crippen molar-refractivity contribution in [3.63, 3.8) is 0 Å². The summed E-state index contributed by atoms with van der Waals surface area (Å²) < 4.78 is 0. The Bertz CT molecular complexity index is 705. The Hall–Kier alpha value is -1.79. The molecule has 1 amide bonds. The van der Waals surface area contributed by atoms with Crippen LogP contribution in [0.5, 0.6) is 0 Å². The highest BCUT2D eigenvalue weighted by Gasteiger charge is 2.43. The van der Waals surface area contributed by atoms with Crippen molar-refractivity contribution in [2.75, 3.05) is 20.1 Å². The molecule has 1 aliphatic heterocycles. The molecule has 0 aromatic carbocycles. The van der Waals surface area contributed by atoms with E-state index in [1.54, 1.807) is 18.6 Å². The molecule has 4 rings (SSSR count). The summed E-state index contributed by atoms with van der Waals surface area (Å²) in [6.45, 7) is 2.71. The fraction of sp³-hybridized carbons (Fsp3) is 0.526. The van der Waals surface area contributed by atoms with E-state index in [1.165, 1.54) is 24.1 Å². The summed E-state index contributed by atoms with van der Waals surface area (Å²) in [4.78, 5) is 26.9. The Morgan fingerprint density at radius 1 is 1.36 bits per heavy atom. The smallest absolute Gasteiger partial charge is 0.274 e. The van der Waals surface area contributed by atoms with E-state index in [2.05, 4.69) is 39.4 Å². The number of amides is 1. The van der Waals surface area contributed by atoms with Crippen molar-refractivity contribution < 1.29 is 4.79 Å². The first kappa shape index (κ1) is 16.7. The predicted molar refractivity (Wildman–Crippen MR) is 98.3 cm³/mol. The van der Waals surface area contributed by atoms with E-state index in [-0.39, 0.29) is 5.91 Å². The zero-order chi connectivity index (χ0) is 17.2. The molecule has 3 atom stereocenters. The first-order valence-electron chi connectivity index (χ1n) is 9.00. The molecule has 2 fully saturated rings. The summed E-state index contributed by atoms with van der Waals surface area (Å²) in [7, 11) is 2.24. The number of likely N-dealkylation sites (tertiary alicyclic amines) is 1. The van der Waals surface area contributed by atoms with Gasteiger partial charge in [0.2, 0.25) is 0 Å². The SMILES string of the molecule is CN(Cc1cccs1)C1CCC[C@@H]2CN(C(=O)c3cnccn3)C[C@H]12. The molecule has 0 spiro atoms. The summed E-state index contributed by atoms with van der Waals surface area (Å²) in [5, 5.41) is 2.14. The summed E-state index contributed by atoms with van der Waals surface area (Å²) in [6, 6.07) is 4.88. The number of carbonyl (C=O) groups is 1. The van der Waals surface area contributed by atoms with Crippen LogP contribution in [0.15, 0.2) is 36.1 Å². The van der Waals surface area contributed by atoms with Gasteiger partial charge in [-0.3, -0.25) is 14.7 Å². The van der Waals surface area contributed by atoms with E-state index < -0.39 is 0 Å². The van der Waals surface area contributed by atoms with Gasteiger partial charge in [-0.15, -0.1) is 11.3 Å². The molecule has 6 heteroatoms. The molecule has 3 heterocycles. The third kappa shape index (κ3) is 3.46. The Balaban J connectivity index is 1.45. The van der Waals surface area contributed by atoms with Crippen LogP contribution >= 0.6 is 11.3 Å². The molecule has 1 saturated carbocycles. The molecular weight excluding hydrogens is 332 g/mol. The minimum atomic E-state index is 0.0298. The maximum atomic E-state index is 12.7. The largest absolute Gasteiger partial charge is 0.337 e. The Morgan fingerprint density at radius 3 is 3.04 bits per heavy atom. The molecule has 1 saturated heterocycles. The maximum absolute atomic E-state index is 12.7. The second kappa shape index (κ2) is 7.22. The zero-order valence-electron chi connectivity index (χ0n) is 14.5. The lowest BCUT2D eigenvalue weighted by Gasteiger charge is -2.38. The van der Waals surface area contributed by atoms with Crippen LogP contribution in [-0.4, -0.2) is 51.9 Å². The van der Waals surface area contributed by atoms with Crippen molar-refractivity contribution in [3.8, 4) is 0 Å². The van der Waals surface area contributed by atoms with Crippen LogP contribution in [0.2, 0.25) is 0 Å². The molecule has 2 aromatic rings. The van der Waals surface area contributed by atoms with Crippen LogP contribution < -0.4 is 0 Å². The summed E-state index contributed by atoms with van der Waals surface area (Å²) in [5.41, 5.74) is 0.463. The van der Waals surface area contributed by atoms with Gasteiger partial charge in [0.25, 0.3) is 5.91 Å². The third-order valence-electron chi connectivity index (χ3n) is 5.68. The Morgan fingerprint density at radius 2 is 2.28 bits per heavy atom. The van der Waals surface area contributed by atoms with Crippen LogP contribution in [0, 0.1) is 11.8 Å². The van der Waals surface area contributed by atoms with Gasteiger partial charge in [-0.05, 0) is 43.2 Å². The van der Waals surface area contributed by atoms with E-state index in [0.29, 0.717) is 23.6 Å². The minimum absolute atomic E-state index is 0.0298. The fourth-order valence-corrected chi connectivity index (χ4v) is 5.26. The number of fused-ring (bicyclic) bond motifs is 1. The highest BCUT2D eigenvalue weighted by molar-refractivity contribution is 7.09. The van der Waals surface area contributed by atoms with Crippen molar-refractivity contribution in [1.82, 2.24) is 19.8 Å². The number of rotatable bonds is 4. The van der Waals surface area contributed by atoms with E-state index in [9.17, 15) is 4.79 Å². The number of carbonyl (C=O) groups excluding carboxylic acids is 1. The average molecular weight is 356 g/mol. The molecule has 132 valence electrons. The molecular formula is C19H24N4OS. The van der Waals surface area contributed by atoms with E-state index in [0.717, 1.165) is 19.6 Å². The first-order valence-corrected chi connectivity index (χ1v) is 9.88. The molecule has 2 aromatic heterocycles. The van der Waals surface area contributed by atoms with Crippen molar-refractivity contribution in [1.29, 1.82) is 0 Å². The van der Waals surface area contributed by atoms with Crippen molar-refractivity contribution in [2.45, 2.75) is 31.8 Å². The second-order valence-corrected chi connectivity index (χ2v) is 8.25. The maximum Gasteiger partial charge on any atom is 0.274 e. The van der Waals surface area contributed by atoms with Crippen LogP contribution in [0.3, 0.4) is 0 Å². The standard InChI is InChI=1S/C19H24N4OS/c1-22(12-15-5-3-9-25-15)18-6-2-4-14-11-23(13-16(14)18)19(24)17-10-20-7-8-21-17/h3,5,7-10,14,16,18H,2,4,6,11-13H2,1H3/t14-,16+,18?/m1/s1. The van der Waals surface area contributed by atoms with Gasteiger partial charge in [-0.1, -0.05) is 12.5 Å². The topological polar surface area (TPSA) is 49.3 Å². The van der Waals surface area contributed by atoms with Crippen LogP contribution in [0.25, 0.3) is 0 Å². The number of nitrogens with zero attached hydrogens (tertiary/aromatic N) is 4. The van der Waals surface area contributed by atoms with Gasteiger partial charge in [0, 0.05) is 42.9 Å². The molecule has 0 radical (unpaired) electrons. The summed E-state index contributed by atoms with van der Waals surface area (Å²) >= 11 is 1.82. The first-order chi connectivity index (χ1) is 12.2. The molecule has 2 aliphatic rings. The Labute approximate surface area is 152 Å². The minimum Gasteiger partial charge on any atom is -0.337 e. The molecule has 0 N–H and O–H groups in total. The lowest BCUT2D eigenvalue weighted by Crippen LogP contribution is -2.43. The van der Waals surface area contributed by atoms with Gasteiger partial charge in [-0.2, -0.15) is 0 Å². The van der Waals surface area contributed by atoms with E-state index in [4.69, 9.17) is 0 Å². The number of hydrogen-bond donors (Lipinski definition) is 0. The number of thiophene rings is 1. The normalized spacial score (nSPS) is 26.0. The van der Waals surface area contributed by atoms with Crippen molar-refractivity contribution >= 4 is 17.2 Å². The highest BCUT2D eigenvalue weighted by Crippen LogP contribution is 2.39. The number of hydrogen-bond acceptors (Lipinski definition) is 5. The zero-order valence-corrected chi connectivity index (χ0v) is 15.4. The van der Waals surface area contributed by atoms with Crippen LogP contribution in [0.1, 0.15) is 34.6 Å². The van der Waals surface area contributed by atoms with Gasteiger partial charge in [-0.25, -0.2) is 4.98 Å². The molecule has 5 nitrogen and oxygen atoms in total. The van der Waals surface area contributed by atoms with Gasteiger partial charge in [0.1, 0.15) is 5.69 Å². The van der Waals surface area contributed by atoms with Crippen molar-refractivity contribution in [3.05, 3.63) is 46.7 Å².